The number of carbonyl (C=O) groups is 1. The maximum atomic E-state index is 11.6. The first-order valence-corrected chi connectivity index (χ1v) is 12.2. The highest BCUT2D eigenvalue weighted by Gasteiger charge is 2.23. The van der Waals surface area contributed by atoms with Crippen molar-refractivity contribution in [2.75, 3.05) is 53.4 Å². The Labute approximate surface area is 216 Å². The molecule has 0 atom stereocenters. The Balaban J connectivity index is 0.00000385. The molecule has 33 heavy (non-hydrogen) atoms. The Kier molecular flexibility index (Phi) is 13.1. The van der Waals surface area contributed by atoms with E-state index in [0.717, 1.165) is 83.9 Å². The lowest BCUT2D eigenvalue weighted by Crippen LogP contribution is -2.46. The summed E-state index contributed by atoms with van der Waals surface area (Å²) in [6.07, 6.45) is 6.33. The second kappa shape index (κ2) is 15.5. The number of ether oxygens (including phenoxy) is 1. The lowest BCUT2D eigenvalue weighted by molar-refractivity contribution is -0.121. The fraction of sp³-hybridized carbons (Fsp3) is 0.680. The first kappa shape index (κ1) is 27.9. The molecule has 2 fully saturated rings. The minimum absolute atomic E-state index is 0. The highest BCUT2D eigenvalue weighted by molar-refractivity contribution is 14.0. The molecule has 2 aliphatic rings. The van der Waals surface area contributed by atoms with Crippen LogP contribution in [-0.2, 0) is 16.1 Å². The van der Waals surface area contributed by atoms with Crippen LogP contribution in [0.3, 0.4) is 0 Å². The van der Waals surface area contributed by atoms with E-state index >= 15 is 0 Å². The molecule has 1 aromatic rings. The normalized spacial score (nSPS) is 18.6. The van der Waals surface area contributed by atoms with Gasteiger partial charge in [0, 0.05) is 66.4 Å². The molecule has 8 heteroatoms. The number of rotatable bonds is 9. The summed E-state index contributed by atoms with van der Waals surface area (Å²) in [5, 5.41) is 6.22. The predicted octanol–water partition coefficient (Wildman–Crippen LogP) is 3.10. The molecule has 0 saturated carbocycles. The number of nitrogens with zero attached hydrogens (tertiary/aromatic N) is 3. The third kappa shape index (κ3) is 9.78. The SMILES string of the molecule is CN=C(NCCCOC1CCN(Cc2ccccc2)CC1)N1CCC(CC(=O)NC)CC1.I. The quantitative estimate of drug-likeness (QED) is 0.207. The number of amides is 1. The van der Waals surface area contributed by atoms with Crippen LogP contribution in [0.5, 0.6) is 0 Å². The Morgan fingerprint density at radius 2 is 1.79 bits per heavy atom. The van der Waals surface area contributed by atoms with Crippen LogP contribution in [0, 0.1) is 5.92 Å². The number of hydrogen-bond acceptors (Lipinski definition) is 4. The molecule has 0 radical (unpaired) electrons. The van der Waals surface area contributed by atoms with Gasteiger partial charge in [0.2, 0.25) is 5.91 Å². The van der Waals surface area contributed by atoms with Gasteiger partial charge in [-0.3, -0.25) is 14.7 Å². The van der Waals surface area contributed by atoms with Crippen molar-refractivity contribution in [1.29, 1.82) is 0 Å². The van der Waals surface area contributed by atoms with Gasteiger partial charge in [0.05, 0.1) is 6.10 Å². The largest absolute Gasteiger partial charge is 0.378 e. The molecule has 7 nitrogen and oxygen atoms in total. The molecule has 2 heterocycles. The molecule has 2 aliphatic heterocycles. The van der Waals surface area contributed by atoms with Crippen LogP contribution in [-0.4, -0.2) is 81.2 Å². The summed E-state index contributed by atoms with van der Waals surface area (Å²) in [6.45, 7) is 6.85. The Morgan fingerprint density at radius 1 is 1.09 bits per heavy atom. The summed E-state index contributed by atoms with van der Waals surface area (Å²) in [4.78, 5) is 20.9. The standard InChI is InChI=1S/C25H41N5O2.HI/c1-26-24(31)19-21-9-16-30(17-10-21)25(27-2)28-13-6-18-32-23-11-14-29(15-12-23)20-22-7-4-3-5-8-22;/h3-5,7-8,21,23H,6,9-20H2,1-2H3,(H,26,31)(H,27,28);1H. The molecule has 0 aromatic heterocycles. The number of piperidine rings is 2. The molecular formula is C25H42IN5O2. The van der Waals surface area contributed by atoms with E-state index in [2.05, 4.69) is 55.8 Å². The number of likely N-dealkylation sites (tertiary alicyclic amines) is 2. The van der Waals surface area contributed by atoms with E-state index < -0.39 is 0 Å². The maximum absolute atomic E-state index is 11.6. The predicted molar refractivity (Wildman–Crippen MR) is 145 cm³/mol. The number of halogens is 1. The molecule has 0 bridgehead atoms. The van der Waals surface area contributed by atoms with Crippen molar-refractivity contribution in [3.05, 3.63) is 35.9 Å². The fourth-order valence-corrected chi connectivity index (χ4v) is 4.64. The first-order chi connectivity index (χ1) is 15.7. The van der Waals surface area contributed by atoms with Crippen molar-refractivity contribution in [3.63, 3.8) is 0 Å². The second-order valence-electron chi connectivity index (χ2n) is 8.97. The van der Waals surface area contributed by atoms with Crippen molar-refractivity contribution < 1.29 is 9.53 Å². The van der Waals surface area contributed by atoms with Gasteiger partial charge >= 0.3 is 0 Å². The van der Waals surface area contributed by atoms with Gasteiger partial charge in [-0.2, -0.15) is 0 Å². The molecule has 186 valence electrons. The zero-order chi connectivity index (χ0) is 22.6. The van der Waals surface area contributed by atoms with E-state index in [1.807, 2.05) is 7.05 Å². The van der Waals surface area contributed by atoms with Crippen LogP contribution in [0.4, 0.5) is 0 Å². The van der Waals surface area contributed by atoms with Gasteiger partial charge in [0.25, 0.3) is 0 Å². The van der Waals surface area contributed by atoms with Gasteiger partial charge in [-0.1, -0.05) is 30.3 Å². The third-order valence-electron chi connectivity index (χ3n) is 6.62. The average molecular weight is 572 g/mol. The highest BCUT2D eigenvalue weighted by atomic mass is 127. The molecular weight excluding hydrogens is 529 g/mol. The van der Waals surface area contributed by atoms with Gasteiger partial charge in [-0.15, -0.1) is 24.0 Å². The smallest absolute Gasteiger partial charge is 0.220 e. The maximum Gasteiger partial charge on any atom is 0.220 e. The minimum atomic E-state index is 0. The van der Waals surface area contributed by atoms with Crippen molar-refractivity contribution in [1.82, 2.24) is 20.4 Å². The van der Waals surface area contributed by atoms with Gasteiger partial charge in [-0.05, 0) is 43.6 Å². The van der Waals surface area contributed by atoms with Gasteiger partial charge in [0.15, 0.2) is 5.96 Å². The number of aliphatic imine (C=N–C) groups is 1. The van der Waals surface area contributed by atoms with Crippen LogP contribution in [0.1, 0.15) is 44.1 Å². The van der Waals surface area contributed by atoms with Crippen molar-refractivity contribution in [2.45, 2.75) is 51.2 Å². The lowest BCUT2D eigenvalue weighted by Gasteiger charge is -2.34. The summed E-state index contributed by atoms with van der Waals surface area (Å²) < 4.78 is 6.15. The zero-order valence-corrected chi connectivity index (χ0v) is 22.6. The number of benzene rings is 1. The fourth-order valence-electron chi connectivity index (χ4n) is 4.64. The third-order valence-corrected chi connectivity index (χ3v) is 6.62. The molecule has 1 amide bonds. The van der Waals surface area contributed by atoms with Crippen molar-refractivity contribution in [2.24, 2.45) is 10.9 Å². The lowest BCUT2D eigenvalue weighted by atomic mass is 9.93. The first-order valence-electron chi connectivity index (χ1n) is 12.2. The number of guanidine groups is 1. The van der Waals surface area contributed by atoms with E-state index in [9.17, 15) is 4.79 Å². The van der Waals surface area contributed by atoms with Crippen LogP contribution in [0.15, 0.2) is 35.3 Å². The van der Waals surface area contributed by atoms with Crippen LogP contribution in [0.25, 0.3) is 0 Å². The molecule has 0 unspecified atom stereocenters. The van der Waals surface area contributed by atoms with E-state index in [0.29, 0.717) is 18.4 Å². The molecule has 3 rings (SSSR count). The molecule has 2 N–H and O–H groups in total. The van der Waals surface area contributed by atoms with Crippen LogP contribution < -0.4 is 10.6 Å². The van der Waals surface area contributed by atoms with Crippen molar-refractivity contribution >= 4 is 35.8 Å². The Morgan fingerprint density at radius 3 is 2.42 bits per heavy atom. The minimum Gasteiger partial charge on any atom is -0.378 e. The molecule has 2 saturated heterocycles. The van der Waals surface area contributed by atoms with Gasteiger partial charge < -0.3 is 20.3 Å². The molecule has 0 spiro atoms. The summed E-state index contributed by atoms with van der Waals surface area (Å²) in [6, 6.07) is 10.7. The number of nitrogens with one attached hydrogen (secondary N) is 2. The van der Waals surface area contributed by atoms with Crippen LogP contribution in [0.2, 0.25) is 0 Å². The molecule has 0 aliphatic carbocycles. The second-order valence-corrected chi connectivity index (χ2v) is 8.97. The monoisotopic (exact) mass is 571 g/mol. The summed E-state index contributed by atoms with van der Waals surface area (Å²) in [5.74, 6) is 1.60. The van der Waals surface area contributed by atoms with Crippen molar-refractivity contribution in [3.8, 4) is 0 Å². The van der Waals surface area contributed by atoms with Crippen LogP contribution >= 0.6 is 24.0 Å². The Hall–Kier alpha value is -1.39. The summed E-state index contributed by atoms with van der Waals surface area (Å²) in [5.41, 5.74) is 1.39. The highest BCUT2D eigenvalue weighted by Crippen LogP contribution is 2.20. The Bertz CT molecular complexity index is 702. The summed E-state index contributed by atoms with van der Waals surface area (Å²) in [7, 11) is 3.56. The zero-order valence-electron chi connectivity index (χ0n) is 20.3. The topological polar surface area (TPSA) is 69.2 Å². The summed E-state index contributed by atoms with van der Waals surface area (Å²) >= 11 is 0. The number of hydrogen-bond donors (Lipinski definition) is 2. The van der Waals surface area contributed by atoms with Gasteiger partial charge in [-0.25, -0.2) is 0 Å². The molecule has 1 aromatic carbocycles. The van der Waals surface area contributed by atoms with Gasteiger partial charge in [0.1, 0.15) is 0 Å². The van der Waals surface area contributed by atoms with E-state index in [-0.39, 0.29) is 29.9 Å². The van der Waals surface area contributed by atoms with E-state index in [1.54, 1.807) is 7.05 Å². The number of carbonyl (C=O) groups excluding carboxylic acids is 1. The van der Waals surface area contributed by atoms with E-state index in [1.165, 1.54) is 5.56 Å². The average Bonchev–Trinajstić information content (AvgIpc) is 2.83. The van der Waals surface area contributed by atoms with E-state index in [4.69, 9.17) is 4.74 Å².